The molecular formula is C16H29NO2. The van der Waals surface area contributed by atoms with Gasteiger partial charge < -0.3 is 10.5 Å². The van der Waals surface area contributed by atoms with E-state index < -0.39 is 0 Å². The first-order chi connectivity index (χ1) is 8.68. The first-order valence-electron chi connectivity index (χ1n) is 7.63. The zero-order valence-corrected chi connectivity index (χ0v) is 13.0. The van der Waals surface area contributed by atoms with Gasteiger partial charge in [0.1, 0.15) is 6.10 Å². The number of nitrogens with two attached hydrogens (primary N) is 1. The molecule has 0 saturated heterocycles. The average molecular weight is 267 g/mol. The molecule has 2 N–H and O–H groups in total. The van der Waals surface area contributed by atoms with Crippen molar-refractivity contribution in [1.29, 1.82) is 0 Å². The van der Waals surface area contributed by atoms with E-state index in [9.17, 15) is 4.79 Å². The molecule has 110 valence electrons. The lowest BCUT2D eigenvalue weighted by atomic mass is 9.70. The molecule has 0 aromatic rings. The van der Waals surface area contributed by atoms with Gasteiger partial charge in [0.15, 0.2) is 0 Å². The molecule has 3 nitrogen and oxygen atoms in total. The predicted octanol–water partition coefficient (Wildman–Crippen LogP) is 3.12. The van der Waals surface area contributed by atoms with E-state index in [1.54, 1.807) is 0 Å². The lowest BCUT2D eigenvalue weighted by molar-refractivity contribution is -0.157. The van der Waals surface area contributed by atoms with E-state index in [1.165, 1.54) is 12.8 Å². The largest absolute Gasteiger partial charge is 0.462 e. The molecule has 2 saturated carbocycles. The molecule has 0 heterocycles. The number of hydrogen-bond acceptors (Lipinski definition) is 3. The quantitative estimate of drug-likeness (QED) is 0.796. The maximum Gasteiger partial charge on any atom is 0.307 e. The van der Waals surface area contributed by atoms with E-state index in [4.69, 9.17) is 10.5 Å². The molecule has 4 atom stereocenters. The molecule has 2 bridgehead atoms. The van der Waals surface area contributed by atoms with Gasteiger partial charge in [-0.05, 0) is 36.5 Å². The van der Waals surface area contributed by atoms with Crippen LogP contribution in [-0.4, -0.2) is 18.1 Å². The fraction of sp³-hybridized carbons (Fsp3) is 0.938. The van der Waals surface area contributed by atoms with Gasteiger partial charge in [-0.25, -0.2) is 0 Å². The fourth-order valence-electron chi connectivity index (χ4n) is 3.94. The first-order valence-corrected chi connectivity index (χ1v) is 7.63. The second-order valence-corrected chi connectivity index (χ2v) is 7.70. The van der Waals surface area contributed by atoms with Gasteiger partial charge in [0.05, 0.1) is 6.42 Å². The summed E-state index contributed by atoms with van der Waals surface area (Å²) < 4.78 is 5.79. The summed E-state index contributed by atoms with van der Waals surface area (Å²) in [5, 5.41) is 0. The maximum absolute atomic E-state index is 12.0. The Balaban J connectivity index is 1.97. The second kappa shape index (κ2) is 4.76. The van der Waals surface area contributed by atoms with Gasteiger partial charge in [0.2, 0.25) is 0 Å². The van der Waals surface area contributed by atoms with E-state index in [2.05, 4.69) is 20.8 Å². The van der Waals surface area contributed by atoms with Crippen molar-refractivity contribution < 1.29 is 9.53 Å². The SMILES string of the molecule is CC(C)C(N)CC(=O)OC1CC2CCC1(C)C2(C)C. The number of rotatable bonds is 4. The number of esters is 1. The molecule has 2 fully saturated rings. The number of hydrogen-bond donors (Lipinski definition) is 1. The number of carbonyl (C=O) groups excluding carboxylic acids is 1. The van der Waals surface area contributed by atoms with Crippen LogP contribution in [0, 0.1) is 22.7 Å². The standard InChI is InChI=1S/C16H29NO2/c1-10(2)12(17)9-14(18)19-13-8-11-6-7-16(13,5)15(11,3)4/h10-13H,6-9,17H2,1-5H3. The molecule has 0 aliphatic heterocycles. The Morgan fingerprint density at radius 3 is 2.42 bits per heavy atom. The monoisotopic (exact) mass is 267 g/mol. The van der Waals surface area contributed by atoms with Gasteiger partial charge in [-0.1, -0.05) is 34.6 Å². The summed E-state index contributed by atoms with van der Waals surface area (Å²) in [7, 11) is 0. The second-order valence-electron chi connectivity index (χ2n) is 7.70. The molecule has 0 radical (unpaired) electrons. The number of carbonyl (C=O) groups is 1. The van der Waals surface area contributed by atoms with Crippen molar-refractivity contribution in [3.8, 4) is 0 Å². The molecule has 19 heavy (non-hydrogen) atoms. The summed E-state index contributed by atoms with van der Waals surface area (Å²) in [5.41, 5.74) is 6.39. The molecule has 3 heteroatoms. The third-order valence-electron chi connectivity index (χ3n) is 6.25. The Morgan fingerprint density at radius 1 is 1.37 bits per heavy atom. The highest BCUT2D eigenvalue weighted by Crippen LogP contribution is 2.66. The van der Waals surface area contributed by atoms with Crippen molar-refractivity contribution in [3.63, 3.8) is 0 Å². The van der Waals surface area contributed by atoms with Crippen molar-refractivity contribution in [2.24, 2.45) is 28.4 Å². The van der Waals surface area contributed by atoms with Crippen LogP contribution >= 0.6 is 0 Å². The van der Waals surface area contributed by atoms with Crippen LogP contribution in [0.15, 0.2) is 0 Å². The van der Waals surface area contributed by atoms with Crippen molar-refractivity contribution >= 4 is 5.97 Å². The number of ether oxygens (including phenoxy) is 1. The summed E-state index contributed by atoms with van der Waals surface area (Å²) >= 11 is 0. The molecule has 0 aromatic heterocycles. The van der Waals surface area contributed by atoms with Crippen molar-refractivity contribution in [2.75, 3.05) is 0 Å². The van der Waals surface area contributed by atoms with Crippen LogP contribution in [0.25, 0.3) is 0 Å². The third kappa shape index (κ3) is 2.31. The summed E-state index contributed by atoms with van der Waals surface area (Å²) in [6, 6.07) is -0.0908. The van der Waals surface area contributed by atoms with Gasteiger partial charge in [0, 0.05) is 11.5 Å². The van der Waals surface area contributed by atoms with Crippen LogP contribution in [0.1, 0.15) is 60.3 Å². The Hall–Kier alpha value is -0.570. The van der Waals surface area contributed by atoms with Crippen LogP contribution in [0.2, 0.25) is 0 Å². The Kier molecular flexibility index (Phi) is 3.72. The van der Waals surface area contributed by atoms with Crippen molar-refractivity contribution in [2.45, 2.75) is 72.4 Å². The van der Waals surface area contributed by atoms with Gasteiger partial charge in [-0.2, -0.15) is 0 Å². The summed E-state index contributed by atoms with van der Waals surface area (Å²) in [6.07, 6.45) is 3.93. The third-order valence-corrected chi connectivity index (χ3v) is 6.25. The zero-order chi connectivity index (χ0) is 14.4. The lowest BCUT2D eigenvalue weighted by Crippen LogP contribution is -2.39. The van der Waals surface area contributed by atoms with Crippen LogP contribution < -0.4 is 5.73 Å². The Bertz CT molecular complexity index is 364. The highest BCUT2D eigenvalue weighted by molar-refractivity contribution is 5.70. The summed E-state index contributed by atoms with van der Waals surface area (Å²) in [4.78, 5) is 12.0. The lowest BCUT2D eigenvalue weighted by Gasteiger charge is -2.38. The minimum atomic E-state index is -0.115. The van der Waals surface area contributed by atoms with Crippen LogP contribution in [-0.2, 0) is 9.53 Å². The smallest absolute Gasteiger partial charge is 0.307 e. The van der Waals surface area contributed by atoms with Crippen LogP contribution in [0.3, 0.4) is 0 Å². The van der Waals surface area contributed by atoms with Crippen molar-refractivity contribution in [1.82, 2.24) is 0 Å². The molecule has 0 spiro atoms. The van der Waals surface area contributed by atoms with E-state index in [0.29, 0.717) is 18.3 Å². The highest BCUT2D eigenvalue weighted by atomic mass is 16.5. The first kappa shape index (κ1) is 14.8. The molecule has 4 unspecified atom stereocenters. The minimum absolute atomic E-state index is 0.0908. The average Bonchev–Trinajstić information content (AvgIpc) is 2.61. The topological polar surface area (TPSA) is 52.3 Å². The molecule has 2 rings (SSSR count). The normalized spacial score (nSPS) is 37.6. The number of fused-ring (bicyclic) bond motifs is 2. The molecule has 2 aliphatic rings. The minimum Gasteiger partial charge on any atom is -0.462 e. The van der Waals surface area contributed by atoms with Crippen LogP contribution in [0.4, 0.5) is 0 Å². The van der Waals surface area contributed by atoms with Gasteiger partial charge in [-0.15, -0.1) is 0 Å². The van der Waals surface area contributed by atoms with Crippen molar-refractivity contribution in [3.05, 3.63) is 0 Å². The van der Waals surface area contributed by atoms with E-state index in [1.807, 2.05) is 13.8 Å². The summed E-state index contributed by atoms with van der Waals surface area (Å²) in [5.74, 6) is 0.907. The fourth-order valence-corrected chi connectivity index (χ4v) is 3.94. The molecule has 0 aromatic carbocycles. The highest BCUT2D eigenvalue weighted by Gasteiger charge is 2.62. The molecule has 0 amide bonds. The summed E-state index contributed by atoms with van der Waals surface area (Å²) in [6.45, 7) is 11.0. The maximum atomic E-state index is 12.0. The molecule has 2 aliphatic carbocycles. The van der Waals surface area contributed by atoms with E-state index >= 15 is 0 Å². The Labute approximate surface area is 117 Å². The van der Waals surface area contributed by atoms with Gasteiger partial charge in [0.25, 0.3) is 0 Å². The van der Waals surface area contributed by atoms with Gasteiger partial charge >= 0.3 is 5.97 Å². The zero-order valence-electron chi connectivity index (χ0n) is 13.0. The predicted molar refractivity (Wildman–Crippen MR) is 76.5 cm³/mol. The Morgan fingerprint density at radius 2 is 2.00 bits per heavy atom. The van der Waals surface area contributed by atoms with E-state index in [-0.39, 0.29) is 28.9 Å². The van der Waals surface area contributed by atoms with E-state index in [0.717, 1.165) is 6.42 Å². The van der Waals surface area contributed by atoms with Gasteiger partial charge in [-0.3, -0.25) is 4.79 Å². The molecular weight excluding hydrogens is 238 g/mol. The van der Waals surface area contributed by atoms with Crippen LogP contribution in [0.5, 0.6) is 0 Å².